The van der Waals surface area contributed by atoms with E-state index < -0.39 is 0 Å². The van der Waals surface area contributed by atoms with Gasteiger partial charge in [-0.05, 0) is 23.4 Å². The third-order valence-electron chi connectivity index (χ3n) is 2.59. The minimum atomic E-state index is -0.0555. The molecule has 6 heteroatoms. The Labute approximate surface area is 121 Å². The molecule has 0 saturated carbocycles. The van der Waals surface area contributed by atoms with Gasteiger partial charge in [-0.25, -0.2) is 0 Å². The van der Waals surface area contributed by atoms with Crippen molar-refractivity contribution in [3.8, 4) is 11.1 Å². The van der Waals surface area contributed by atoms with E-state index in [1.54, 1.807) is 18.4 Å². The van der Waals surface area contributed by atoms with Gasteiger partial charge in [-0.3, -0.25) is 4.79 Å². The Morgan fingerprint density at radius 1 is 1.37 bits per heavy atom. The first kappa shape index (κ1) is 14.0. The van der Waals surface area contributed by atoms with Crippen LogP contribution in [0.15, 0.2) is 35.1 Å². The number of halogens is 1. The van der Waals surface area contributed by atoms with Crippen molar-refractivity contribution in [2.45, 2.75) is 13.0 Å². The predicted molar refractivity (Wildman–Crippen MR) is 77.3 cm³/mol. The predicted octanol–water partition coefficient (Wildman–Crippen LogP) is 2.93. The number of hydrogen-bond donors (Lipinski definition) is 2. The largest absolute Gasteiger partial charge is 0.364 e. The maximum Gasteiger partial charge on any atom is 0.221 e. The highest BCUT2D eigenvalue weighted by Gasteiger charge is 2.11. The molecule has 1 amide bonds. The van der Waals surface area contributed by atoms with Gasteiger partial charge in [-0.15, -0.1) is 0 Å². The van der Waals surface area contributed by atoms with Crippen molar-refractivity contribution in [3.05, 3.63) is 41.2 Å². The molecule has 0 aliphatic carbocycles. The van der Waals surface area contributed by atoms with Crippen LogP contribution in [0.4, 0.5) is 0 Å². The molecule has 0 unspecified atom stereocenters. The van der Waals surface area contributed by atoms with Crippen LogP contribution in [0.1, 0.15) is 12.1 Å². The average molecular weight is 297 g/mol. The second kappa shape index (κ2) is 6.63. The highest BCUT2D eigenvalue weighted by atomic mass is 35.5. The molecular formula is C13H13ClN2O2S. The SMILES string of the molecule is O=C(CCS)NCc1nocc1-c1ccc(Cl)cc1. The molecule has 0 radical (unpaired) electrons. The Kier molecular flexibility index (Phi) is 4.87. The molecule has 2 aromatic rings. The van der Waals surface area contributed by atoms with Crippen molar-refractivity contribution in [1.29, 1.82) is 0 Å². The van der Waals surface area contributed by atoms with Crippen molar-refractivity contribution >= 4 is 30.1 Å². The molecule has 0 aliphatic heterocycles. The smallest absolute Gasteiger partial charge is 0.221 e. The molecule has 0 spiro atoms. The molecule has 1 aromatic carbocycles. The van der Waals surface area contributed by atoms with E-state index in [0.717, 1.165) is 11.1 Å². The minimum Gasteiger partial charge on any atom is -0.364 e. The molecule has 2 rings (SSSR count). The zero-order valence-corrected chi connectivity index (χ0v) is 11.7. The second-order valence-electron chi connectivity index (χ2n) is 3.93. The van der Waals surface area contributed by atoms with E-state index in [1.807, 2.05) is 12.1 Å². The summed E-state index contributed by atoms with van der Waals surface area (Å²) in [7, 11) is 0. The van der Waals surface area contributed by atoms with E-state index in [1.165, 1.54) is 0 Å². The van der Waals surface area contributed by atoms with E-state index in [2.05, 4.69) is 23.1 Å². The number of benzene rings is 1. The number of hydrogen-bond acceptors (Lipinski definition) is 4. The van der Waals surface area contributed by atoms with Crippen molar-refractivity contribution in [2.24, 2.45) is 0 Å². The van der Waals surface area contributed by atoms with Crippen LogP contribution in [0.5, 0.6) is 0 Å². The molecule has 1 N–H and O–H groups in total. The number of thiol groups is 1. The molecule has 19 heavy (non-hydrogen) atoms. The van der Waals surface area contributed by atoms with Crippen LogP contribution in [0.2, 0.25) is 5.02 Å². The first-order valence-electron chi connectivity index (χ1n) is 5.77. The van der Waals surface area contributed by atoms with Crippen LogP contribution in [-0.4, -0.2) is 16.8 Å². The van der Waals surface area contributed by atoms with Crippen LogP contribution < -0.4 is 5.32 Å². The van der Waals surface area contributed by atoms with Crippen molar-refractivity contribution in [1.82, 2.24) is 10.5 Å². The highest BCUT2D eigenvalue weighted by molar-refractivity contribution is 7.80. The minimum absolute atomic E-state index is 0.0555. The number of rotatable bonds is 5. The molecule has 1 aromatic heterocycles. The number of nitrogens with one attached hydrogen (secondary N) is 1. The van der Waals surface area contributed by atoms with Gasteiger partial charge in [-0.1, -0.05) is 28.9 Å². The summed E-state index contributed by atoms with van der Waals surface area (Å²) in [4.78, 5) is 11.4. The van der Waals surface area contributed by atoms with Crippen LogP contribution >= 0.6 is 24.2 Å². The van der Waals surface area contributed by atoms with Gasteiger partial charge < -0.3 is 9.84 Å². The van der Waals surface area contributed by atoms with E-state index in [9.17, 15) is 4.79 Å². The summed E-state index contributed by atoms with van der Waals surface area (Å²) in [5.41, 5.74) is 2.49. The number of aromatic nitrogens is 1. The zero-order valence-electron chi connectivity index (χ0n) is 10.1. The van der Waals surface area contributed by atoms with E-state index >= 15 is 0 Å². The fraction of sp³-hybridized carbons (Fsp3) is 0.231. The van der Waals surface area contributed by atoms with Gasteiger partial charge >= 0.3 is 0 Å². The fourth-order valence-corrected chi connectivity index (χ4v) is 1.95. The number of amides is 1. The van der Waals surface area contributed by atoms with E-state index in [4.69, 9.17) is 16.1 Å². The maximum absolute atomic E-state index is 11.4. The molecule has 0 atom stereocenters. The quantitative estimate of drug-likeness (QED) is 0.834. The Morgan fingerprint density at radius 2 is 2.11 bits per heavy atom. The van der Waals surface area contributed by atoms with Gasteiger partial charge in [0.25, 0.3) is 0 Å². The summed E-state index contributed by atoms with van der Waals surface area (Å²) < 4.78 is 4.97. The van der Waals surface area contributed by atoms with Gasteiger partial charge in [0.05, 0.1) is 6.54 Å². The molecular weight excluding hydrogens is 284 g/mol. The van der Waals surface area contributed by atoms with Crippen LogP contribution in [0.25, 0.3) is 11.1 Å². The van der Waals surface area contributed by atoms with E-state index in [-0.39, 0.29) is 5.91 Å². The van der Waals surface area contributed by atoms with Crippen molar-refractivity contribution in [2.75, 3.05) is 5.75 Å². The maximum atomic E-state index is 11.4. The molecule has 0 bridgehead atoms. The zero-order chi connectivity index (χ0) is 13.7. The van der Waals surface area contributed by atoms with Gasteiger partial charge in [-0.2, -0.15) is 12.6 Å². The van der Waals surface area contributed by atoms with Crippen LogP contribution in [0.3, 0.4) is 0 Å². The van der Waals surface area contributed by atoms with Gasteiger partial charge in [0.1, 0.15) is 12.0 Å². The molecule has 0 aliphatic rings. The summed E-state index contributed by atoms with van der Waals surface area (Å²) in [5.74, 6) is 0.467. The normalized spacial score (nSPS) is 10.4. The first-order valence-corrected chi connectivity index (χ1v) is 6.78. The van der Waals surface area contributed by atoms with Gasteiger partial charge in [0, 0.05) is 17.0 Å². The van der Waals surface area contributed by atoms with Crippen molar-refractivity contribution in [3.63, 3.8) is 0 Å². The second-order valence-corrected chi connectivity index (χ2v) is 4.82. The Morgan fingerprint density at radius 3 is 2.79 bits per heavy atom. The Bertz CT molecular complexity index is 554. The standard InChI is InChI=1S/C13H13ClN2O2S/c14-10-3-1-9(2-4-10)11-8-18-16-12(11)7-15-13(17)5-6-19/h1-4,8,19H,5-7H2,(H,15,17). The number of carbonyl (C=O) groups excluding carboxylic acids is 1. The lowest BCUT2D eigenvalue weighted by Crippen LogP contribution is -2.23. The third-order valence-corrected chi connectivity index (χ3v) is 3.07. The molecule has 100 valence electrons. The lowest BCUT2D eigenvalue weighted by Gasteiger charge is -2.04. The number of carbonyl (C=O) groups is 1. The highest BCUT2D eigenvalue weighted by Crippen LogP contribution is 2.24. The average Bonchev–Trinajstić information content (AvgIpc) is 2.86. The van der Waals surface area contributed by atoms with Gasteiger partial charge in [0.2, 0.25) is 5.91 Å². The molecule has 0 saturated heterocycles. The monoisotopic (exact) mass is 296 g/mol. The van der Waals surface area contributed by atoms with E-state index in [0.29, 0.717) is 29.4 Å². The summed E-state index contributed by atoms with van der Waals surface area (Å²) in [6.07, 6.45) is 1.95. The topological polar surface area (TPSA) is 55.1 Å². The summed E-state index contributed by atoms with van der Waals surface area (Å²) in [6, 6.07) is 7.36. The van der Waals surface area contributed by atoms with Crippen LogP contribution in [-0.2, 0) is 11.3 Å². The lowest BCUT2D eigenvalue weighted by molar-refractivity contribution is -0.120. The Hall–Kier alpha value is -1.46. The Balaban J connectivity index is 2.09. The lowest BCUT2D eigenvalue weighted by atomic mass is 10.1. The number of nitrogens with zero attached hydrogens (tertiary/aromatic N) is 1. The summed E-state index contributed by atoms with van der Waals surface area (Å²) >= 11 is 9.85. The fourth-order valence-electron chi connectivity index (χ4n) is 1.62. The molecule has 1 heterocycles. The van der Waals surface area contributed by atoms with Crippen LogP contribution in [0, 0.1) is 0 Å². The summed E-state index contributed by atoms with van der Waals surface area (Å²) in [6.45, 7) is 0.334. The van der Waals surface area contributed by atoms with Gasteiger partial charge in [0.15, 0.2) is 0 Å². The first-order chi connectivity index (χ1) is 9.20. The van der Waals surface area contributed by atoms with Crippen molar-refractivity contribution < 1.29 is 9.32 Å². The summed E-state index contributed by atoms with van der Waals surface area (Å²) in [5, 5.41) is 7.35. The third kappa shape index (κ3) is 3.75. The molecule has 0 fully saturated rings. The molecule has 4 nitrogen and oxygen atoms in total.